The highest BCUT2D eigenvalue weighted by atomic mass is 16.5. The van der Waals surface area contributed by atoms with Gasteiger partial charge in [-0.3, -0.25) is 9.59 Å². The SMILES string of the molecule is O=C1CO[C@H](C(=O)N2CCC(c3ccccc3)CC2)[C@@H](c2ccccc2)N1. The summed E-state index contributed by atoms with van der Waals surface area (Å²) >= 11 is 0. The van der Waals surface area contributed by atoms with Crippen molar-refractivity contribution in [3.63, 3.8) is 0 Å². The van der Waals surface area contributed by atoms with Crippen LogP contribution in [0.4, 0.5) is 0 Å². The molecule has 0 aliphatic carbocycles. The maximum absolute atomic E-state index is 13.1. The summed E-state index contributed by atoms with van der Waals surface area (Å²) in [6.45, 7) is 1.36. The molecule has 2 atom stereocenters. The van der Waals surface area contributed by atoms with Crippen molar-refractivity contribution in [3.8, 4) is 0 Å². The summed E-state index contributed by atoms with van der Waals surface area (Å²) in [4.78, 5) is 26.9. The van der Waals surface area contributed by atoms with Gasteiger partial charge >= 0.3 is 0 Å². The van der Waals surface area contributed by atoms with Gasteiger partial charge in [0.2, 0.25) is 5.91 Å². The third kappa shape index (κ3) is 3.88. The highest BCUT2D eigenvalue weighted by Gasteiger charge is 2.39. The number of amides is 2. The molecule has 0 radical (unpaired) electrons. The number of hydrogen-bond acceptors (Lipinski definition) is 3. The molecule has 27 heavy (non-hydrogen) atoms. The van der Waals surface area contributed by atoms with E-state index >= 15 is 0 Å². The molecular formula is C22H24N2O3. The largest absolute Gasteiger partial charge is 0.356 e. The number of piperidine rings is 1. The second-order valence-corrected chi connectivity index (χ2v) is 7.20. The van der Waals surface area contributed by atoms with E-state index in [0.717, 1.165) is 18.4 Å². The van der Waals surface area contributed by atoms with Crippen LogP contribution in [-0.4, -0.2) is 42.5 Å². The maximum atomic E-state index is 13.1. The van der Waals surface area contributed by atoms with Crippen LogP contribution in [0.1, 0.15) is 35.9 Å². The van der Waals surface area contributed by atoms with Crippen LogP contribution >= 0.6 is 0 Å². The third-order valence-corrected chi connectivity index (χ3v) is 5.49. The Kier molecular flexibility index (Phi) is 5.21. The van der Waals surface area contributed by atoms with Crippen molar-refractivity contribution < 1.29 is 14.3 Å². The quantitative estimate of drug-likeness (QED) is 0.911. The molecule has 5 heteroatoms. The summed E-state index contributed by atoms with van der Waals surface area (Å²) < 4.78 is 5.68. The lowest BCUT2D eigenvalue weighted by atomic mass is 9.89. The number of hydrogen-bond donors (Lipinski definition) is 1. The fraction of sp³-hybridized carbons (Fsp3) is 0.364. The van der Waals surface area contributed by atoms with Gasteiger partial charge in [-0.15, -0.1) is 0 Å². The predicted molar refractivity (Wildman–Crippen MR) is 102 cm³/mol. The Bertz CT molecular complexity index is 786. The van der Waals surface area contributed by atoms with Gasteiger partial charge in [0.1, 0.15) is 6.61 Å². The van der Waals surface area contributed by atoms with Gasteiger partial charge < -0.3 is 15.0 Å². The molecule has 2 aliphatic rings. The Labute approximate surface area is 159 Å². The van der Waals surface area contributed by atoms with Crippen LogP contribution in [0.5, 0.6) is 0 Å². The first-order valence-corrected chi connectivity index (χ1v) is 9.52. The van der Waals surface area contributed by atoms with E-state index in [-0.39, 0.29) is 18.4 Å². The number of rotatable bonds is 3. The van der Waals surface area contributed by atoms with Crippen LogP contribution in [0.3, 0.4) is 0 Å². The Morgan fingerprint density at radius 3 is 2.15 bits per heavy atom. The molecular weight excluding hydrogens is 340 g/mol. The number of nitrogens with zero attached hydrogens (tertiary/aromatic N) is 1. The fourth-order valence-corrected chi connectivity index (χ4v) is 4.02. The topological polar surface area (TPSA) is 58.6 Å². The van der Waals surface area contributed by atoms with E-state index in [9.17, 15) is 9.59 Å². The highest BCUT2D eigenvalue weighted by Crippen LogP contribution is 2.30. The summed E-state index contributed by atoms with van der Waals surface area (Å²) in [6, 6.07) is 19.6. The molecule has 0 unspecified atom stereocenters. The first kappa shape index (κ1) is 17.7. The Balaban J connectivity index is 1.44. The van der Waals surface area contributed by atoms with Crippen molar-refractivity contribution in [1.82, 2.24) is 10.2 Å². The summed E-state index contributed by atoms with van der Waals surface area (Å²) in [7, 11) is 0. The van der Waals surface area contributed by atoms with Gasteiger partial charge in [0.15, 0.2) is 6.10 Å². The van der Waals surface area contributed by atoms with Crippen LogP contribution in [-0.2, 0) is 14.3 Å². The number of benzene rings is 2. The van der Waals surface area contributed by atoms with Gasteiger partial charge in [-0.25, -0.2) is 0 Å². The second kappa shape index (κ2) is 7.92. The fourth-order valence-electron chi connectivity index (χ4n) is 4.02. The molecule has 2 aromatic rings. The van der Waals surface area contributed by atoms with Crippen molar-refractivity contribution >= 4 is 11.8 Å². The van der Waals surface area contributed by atoms with Crippen LogP contribution in [0.15, 0.2) is 60.7 Å². The predicted octanol–water partition coefficient (Wildman–Crippen LogP) is 2.65. The van der Waals surface area contributed by atoms with Gasteiger partial charge in [0.25, 0.3) is 5.91 Å². The average Bonchev–Trinajstić information content (AvgIpc) is 2.74. The zero-order valence-corrected chi connectivity index (χ0v) is 15.2. The van der Waals surface area contributed by atoms with Crippen molar-refractivity contribution in [2.24, 2.45) is 0 Å². The monoisotopic (exact) mass is 364 g/mol. The number of carbonyl (C=O) groups is 2. The molecule has 2 fully saturated rings. The van der Waals surface area contributed by atoms with Gasteiger partial charge in [0, 0.05) is 13.1 Å². The number of nitrogens with one attached hydrogen (secondary N) is 1. The van der Waals surface area contributed by atoms with Crippen molar-refractivity contribution in [3.05, 3.63) is 71.8 Å². The van der Waals surface area contributed by atoms with Crippen molar-refractivity contribution in [2.45, 2.75) is 30.9 Å². The molecule has 0 saturated carbocycles. The molecule has 140 valence electrons. The second-order valence-electron chi connectivity index (χ2n) is 7.20. The Morgan fingerprint density at radius 1 is 0.926 bits per heavy atom. The van der Waals surface area contributed by atoms with E-state index in [2.05, 4.69) is 29.6 Å². The molecule has 2 saturated heterocycles. The molecule has 2 aromatic carbocycles. The summed E-state index contributed by atoms with van der Waals surface area (Å²) in [5.74, 6) is 0.276. The number of likely N-dealkylation sites (tertiary alicyclic amines) is 1. The Morgan fingerprint density at radius 2 is 1.52 bits per heavy atom. The number of ether oxygens (including phenoxy) is 1. The molecule has 4 rings (SSSR count). The third-order valence-electron chi connectivity index (χ3n) is 5.49. The molecule has 2 heterocycles. The van der Waals surface area contributed by atoms with Crippen LogP contribution in [0.25, 0.3) is 0 Å². The lowest BCUT2D eigenvalue weighted by Gasteiger charge is -2.38. The van der Waals surface area contributed by atoms with E-state index in [1.807, 2.05) is 41.3 Å². The first-order chi connectivity index (χ1) is 13.2. The molecule has 0 aromatic heterocycles. The molecule has 0 spiro atoms. The summed E-state index contributed by atoms with van der Waals surface area (Å²) in [6.07, 6.45) is 1.23. The van der Waals surface area contributed by atoms with Crippen LogP contribution in [0, 0.1) is 0 Å². The lowest BCUT2D eigenvalue weighted by molar-refractivity contribution is -0.156. The van der Waals surface area contributed by atoms with Gasteiger partial charge in [-0.1, -0.05) is 60.7 Å². The molecule has 0 bridgehead atoms. The minimum absolute atomic E-state index is 0.0321. The molecule has 2 amide bonds. The average molecular weight is 364 g/mol. The van der Waals surface area contributed by atoms with E-state index in [0.29, 0.717) is 19.0 Å². The van der Waals surface area contributed by atoms with E-state index in [1.54, 1.807) is 0 Å². The minimum Gasteiger partial charge on any atom is -0.356 e. The van der Waals surface area contributed by atoms with Crippen LogP contribution < -0.4 is 5.32 Å². The molecule has 5 nitrogen and oxygen atoms in total. The smallest absolute Gasteiger partial charge is 0.254 e. The van der Waals surface area contributed by atoms with E-state index < -0.39 is 12.1 Å². The lowest BCUT2D eigenvalue weighted by Crippen LogP contribution is -2.54. The standard InChI is InChI=1S/C22H24N2O3/c25-19-15-27-21(20(23-19)18-9-5-2-6-10-18)22(26)24-13-11-17(12-14-24)16-7-3-1-4-8-16/h1-10,17,20-21H,11-15H2,(H,23,25)/t20-,21+/m1/s1. The molecule has 1 N–H and O–H groups in total. The van der Waals surface area contributed by atoms with E-state index in [4.69, 9.17) is 4.74 Å². The van der Waals surface area contributed by atoms with Gasteiger partial charge in [-0.2, -0.15) is 0 Å². The summed E-state index contributed by atoms with van der Waals surface area (Å²) in [5.41, 5.74) is 2.23. The normalized spacial score (nSPS) is 23.7. The van der Waals surface area contributed by atoms with E-state index in [1.165, 1.54) is 5.56 Å². The maximum Gasteiger partial charge on any atom is 0.254 e. The van der Waals surface area contributed by atoms with Crippen molar-refractivity contribution in [1.29, 1.82) is 0 Å². The van der Waals surface area contributed by atoms with Gasteiger partial charge in [-0.05, 0) is 29.9 Å². The zero-order chi connectivity index (χ0) is 18.6. The molecule has 2 aliphatic heterocycles. The first-order valence-electron chi connectivity index (χ1n) is 9.52. The summed E-state index contributed by atoms with van der Waals surface area (Å²) in [5, 5.41) is 2.93. The highest BCUT2D eigenvalue weighted by molar-refractivity contribution is 5.86. The van der Waals surface area contributed by atoms with Gasteiger partial charge in [0.05, 0.1) is 6.04 Å². The minimum atomic E-state index is -0.668. The van der Waals surface area contributed by atoms with Crippen LogP contribution in [0.2, 0.25) is 0 Å². The number of carbonyl (C=O) groups excluding carboxylic acids is 2. The van der Waals surface area contributed by atoms with Crippen molar-refractivity contribution in [2.75, 3.05) is 19.7 Å². The Hall–Kier alpha value is -2.66. The number of morpholine rings is 1. The zero-order valence-electron chi connectivity index (χ0n) is 15.2.